The van der Waals surface area contributed by atoms with Crippen LogP contribution >= 0.6 is 24.0 Å². The van der Waals surface area contributed by atoms with Gasteiger partial charge in [0.1, 0.15) is 6.07 Å². The van der Waals surface area contributed by atoms with Gasteiger partial charge in [0, 0.05) is 26.7 Å². The van der Waals surface area contributed by atoms with Gasteiger partial charge in [0.2, 0.25) is 0 Å². The van der Waals surface area contributed by atoms with Crippen LogP contribution in [0.2, 0.25) is 0 Å². The number of nitriles is 1. The number of para-hydroxylation sites is 1. The molecule has 2 heterocycles. The Morgan fingerprint density at radius 1 is 1.21 bits per heavy atom. The average Bonchev–Trinajstić information content (AvgIpc) is 3.19. The van der Waals surface area contributed by atoms with Crippen molar-refractivity contribution in [3.05, 3.63) is 71.2 Å². The Balaban J connectivity index is 1.86. The van der Waals surface area contributed by atoms with Crippen molar-refractivity contribution in [2.45, 2.75) is 4.90 Å². The average molecular weight is 403 g/mol. The molecule has 0 unspecified atom stereocenters. The maximum atomic E-state index is 11.5. The first-order chi connectivity index (χ1) is 13.6. The van der Waals surface area contributed by atoms with Crippen LogP contribution in [0, 0.1) is 11.3 Å². The highest BCUT2D eigenvalue weighted by molar-refractivity contribution is 7.80. The van der Waals surface area contributed by atoms with E-state index in [1.807, 2.05) is 29.6 Å². The first-order valence-electron chi connectivity index (χ1n) is 8.27. The largest absolute Gasteiger partial charge is 0.478 e. The molecule has 4 aromatic rings. The molecule has 0 amide bonds. The Kier molecular flexibility index (Phi) is 4.74. The minimum atomic E-state index is -1.01. The summed E-state index contributed by atoms with van der Waals surface area (Å²) in [6.45, 7) is 0. The van der Waals surface area contributed by atoms with Gasteiger partial charge in [0.05, 0.1) is 28.0 Å². The number of aromatic carboxylic acids is 1. The van der Waals surface area contributed by atoms with E-state index in [0.29, 0.717) is 21.8 Å². The van der Waals surface area contributed by atoms with Gasteiger partial charge in [-0.05, 0) is 35.9 Å². The molecule has 2 N–H and O–H groups in total. The highest BCUT2D eigenvalue weighted by atomic mass is 32.1. The molecule has 0 bridgehead atoms. The number of nitrogens with one attached hydrogen (secondary N) is 1. The molecular weight excluding hydrogens is 390 g/mol. The van der Waals surface area contributed by atoms with Gasteiger partial charge in [-0.1, -0.05) is 18.2 Å². The fourth-order valence-corrected chi connectivity index (χ4v) is 3.99. The highest BCUT2D eigenvalue weighted by Crippen LogP contribution is 2.36. The molecule has 2 aromatic heterocycles. The summed E-state index contributed by atoms with van der Waals surface area (Å²) in [5.41, 5.74) is 3.67. The molecule has 0 aliphatic rings. The number of fused-ring (bicyclic) bond motifs is 1. The number of thiophene rings is 1. The second-order valence-electron chi connectivity index (χ2n) is 6.04. The van der Waals surface area contributed by atoms with Gasteiger partial charge in [-0.3, -0.25) is 4.98 Å². The molecule has 0 atom stereocenters. The predicted molar refractivity (Wildman–Crippen MR) is 114 cm³/mol. The number of anilines is 2. The lowest BCUT2D eigenvalue weighted by Crippen LogP contribution is -2.03. The van der Waals surface area contributed by atoms with Crippen LogP contribution in [0.25, 0.3) is 21.3 Å². The number of pyridine rings is 1. The van der Waals surface area contributed by atoms with E-state index in [-0.39, 0.29) is 5.56 Å². The molecule has 0 spiro atoms. The molecule has 0 aliphatic heterocycles. The predicted octanol–water partition coefficient (Wildman–Crippen LogP) is 5.57. The van der Waals surface area contributed by atoms with Crippen LogP contribution in [0.1, 0.15) is 15.9 Å². The van der Waals surface area contributed by atoms with Gasteiger partial charge >= 0.3 is 5.97 Å². The summed E-state index contributed by atoms with van der Waals surface area (Å²) in [4.78, 5) is 17.5. The van der Waals surface area contributed by atoms with E-state index in [4.69, 9.17) is 5.26 Å². The molecule has 0 fully saturated rings. The molecule has 28 heavy (non-hydrogen) atoms. The fourth-order valence-electron chi connectivity index (χ4n) is 2.93. The zero-order chi connectivity index (χ0) is 19.7. The lowest BCUT2D eigenvalue weighted by molar-refractivity contribution is 0.0698. The number of carboxylic acid groups (broad SMARTS) is 1. The maximum Gasteiger partial charge on any atom is 0.337 e. The summed E-state index contributed by atoms with van der Waals surface area (Å²) in [7, 11) is 0. The normalized spacial score (nSPS) is 10.6. The van der Waals surface area contributed by atoms with Crippen molar-refractivity contribution in [3.8, 4) is 16.5 Å². The number of benzene rings is 2. The number of aromatic nitrogens is 1. The van der Waals surface area contributed by atoms with Crippen LogP contribution in [-0.2, 0) is 0 Å². The van der Waals surface area contributed by atoms with Gasteiger partial charge in [0.25, 0.3) is 0 Å². The van der Waals surface area contributed by atoms with Gasteiger partial charge < -0.3 is 10.4 Å². The highest BCUT2D eigenvalue weighted by Gasteiger charge is 2.14. The Bertz CT molecular complexity index is 1260. The third kappa shape index (κ3) is 3.31. The number of nitrogens with zero attached hydrogens (tertiary/aromatic N) is 2. The summed E-state index contributed by atoms with van der Waals surface area (Å²) < 4.78 is 0. The number of hydrogen-bond donors (Lipinski definition) is 3. The van der Waals surface area contributed by atoms with Crippen molar-refractivity contribution in [1.82, 2.24) is 4.98 Å². The SMILES string of the molecule is N#Cc1csc(-c2ccc3ncc(S)c(Nc4ccccc4C(=O)O)c3c2)c1. The molecule has 7 heteroatoms. The summed E-state index contributed by atoms with van der Waals surface area (Å²) in [6.07, 6.45) is 1.63. The van der Waals surface area contributed by atoms with Crippen molar-refractivity contribution >= 4 is 52.2 Å². The zero-order valence-electron chi connectivity index (χ0n) is 14.4. The molecule has 0 radical (unpaired) electrons. The molecule has 136 valence electrons. The number of rotatable bonds is 4. The first-order valence-corrected chi connectivity index (χ1v) is 9.59. The van der Waals surface area contributed by atoms with Crippen LogP contribution in [0.4, 0.5) is 11.4 Å². The number of carboxylic acids is 1. The second-order valence-corrected chi connectivity index (χ2v) is 7.43. The van der Waals surface area contributed by atoms with Crippen molar-refractivity contribution in [2.24, 2.45) is 0 Å². The van der Waals surface area contributed by atoms with Gasteiger partial charge in [-0.25, -0.2) is 4.79 Å². The number of carbonyl (C=O) groups is 1. The minimum Gasteiger partial charge on any atom is -0.478 e. The van der Waals surface area contributed by atoms with Crippen LogP contribution in [0.5, 0.6) is 0 Å². The molecule has 0 saturated heterocycles. The Hall–Kier alpha value is -3.34. The van der Waals surface area contributed by atoms with Gasteiger partial charge in [-0.2, -0.15) is 5.26 Å². The Morgan fingerprint density at radius 3 is 2.79 bits per heavy atom. The lowest BCUT2D eigenvalue weighted by Gasteiger charge is -2.14. The molecule has 0 saturated carbocycles. The van der Waals surface area contributed by atoms with Gasteiger partial charge in [0.15, 0.2) is 0 Å². The number of hydrogen-bond acceptors (Lipinski definition) is 6. The number of thiol groups is 1. The van der Waals surface area contributed by atoms with Crippen molar-refractivity contribution in [3.63, 3.8) is 0 Å². The van der Waals surface area contributed by atoms with E-state index in [9.17, 15) is 9.90 Å². The van der Waals surface area contributed by atoms with Crippen molar-refractivity contribution in [2.75, 3.05) is 5.32 Å². The van der Waals surface area contributed by atoms with Crippen LogP contribution in [-0.4, -0.2) is 16.1 Å². The van der Waals surface area contributed by atoms with E-state index in [1.54, 1.807) is 30.5 Å². The van der Waals surface area contributed by atoms with Gasteiger partial charge in [-0.15, -0.1) is 24.0 Å². The summed E-state index contributed by atoms with van der Waals surface area (Å²) >= 11 is 6.01. The third-order valence-electron chi connectivity index (χ3n) is 4.28. The first kappa shape index (κ1) is 18.0. The Morgan fingerprint density at radius 2 is 2.04 bits per heavy atom. The van der Waals surface area contributed by atoms with E-state index < -0.39 is 5.97 Å². The maximum absolute atomic E-state index is 11.5. The minimum absolute atomic E-state index is 0.174. The molecule has 4 rings (SSSR count). The zero-order valence-corrected chi connectivity index (χ0v) is 16.1. The van der Waals surface area contributed by atoms with Crippen LogP contribution < -0.4 is 5.32 Å². The molecule has 0 aliphatic carbocycles. The van der Waals surface area contributed by atoms with Crippen molar-refractivity contribution in [1.29, 1.82) is 5.26 Å². The standard InChI is InChI=1S/C21H13N3O2S2/c22-9-12-7-19(28-11-12)13-5-6-16-15(8-13)20(18(27)10-23-16)24-17-4-2-1-3-14(17)21(25)26/h1-8,10-11,27H,(H,23,24)(H,25,26). The summed E-state index contributed by atoms with van der Waals surface area (Å²) in [5, 5.41) is 24.4. The third-order valence-corrected chi connectivity index (χ3v) is 5.60. The molecular formula is C21H13N3O2S2. The molecule has 5 nitrogen and oxygen atoms in total. The van der Waals surface area contributed by atoms with Crippen LogP contribution in [0.3, 0.4) is 0 Å². The smallest absolute Gasteiger partial charge is 0.337 e. The quantitative estimate of drug-likeness (QED) is 0.388. The summed E-state index contributed by atoms with van der Waals surface area (Å²) in [6, 6.07) is 16.5. The van der Waals surface area contributed by atoms with E-state index in [0.717, 1.165) is 21.3 Å². The fraction of sp³-hybridized carbons (Fsp3) is 0. The second kappa shape index (κ2) is 7.35. The lowest BCUT2D eigenvalue weighted by atomic mass is 10.1. The van der Waals surface area contributed by atoms with Crippen molar-refractivity contribution < 1.29 is 9.90 Å². The van der Waals surface area contributed by atoms with Crippen LogP contribution in [0.15, 0.2) is 65.0 Å². The van der Waals surface area contributed by atoms with E-state index >= 15 is 0 Å². The van der Waals surface area contributed by atoms with E-state index in [1.165, 1.54) is 11.3 Å². The monoisotopic (exact) mass is 403 g/mol. The topological polar surface area (TPSA) is 86.0 Å². The van der Waals surface area contributed by atoms with E-state index in [2.05, 4.69) is 29.0 Å². The Labute approximate surface area is 170 Å². The molecule has 2 aromatic carbocycles. The summed E-state index contributed by atoms with van der Waals surface area (Å²) in [5.74, 6) is -1.01.